The fraction of sp³-hybridized carbons (Fsp3) is 0.179. The van der Waals surface area contributed by atoms with Crippen LogP contribution in [-0.2, 0) is 14.1 Å². The molecule has 0 aliphatic carbocycles. The molecule has 0 fully saturated rings. The number of nitrogens with zero attached hydrogens (tertiary/aromatic N) is 5. The number of allylic oxidation sites excluding steroid dienone is 2. The molecule has 5 aromatic carbocycles. The maximum atomic E-state index is 2.39. The molecule has 7 aromatic rings. The van der Waals surface area contributed by atoms with E-state index in [1.807, 2.05) is 47.0 Å². The molecule has 11 rings (SSSR count). The maximum absolute atomic E-state index is 2.39. The van der Waals surface area contributed by atoms with Crippen LogP contribution < -0.4 is 52.7 Å². The van der Waals surface area contributed by atoms with E-state index in [4.69, 9.17) is 0 Å². The summed E-state index contributed by atoms with van der Waals surface area (Å²) >= 11 is 7.47. The highest BCUT2D eigenvalue weighted by Gasteiger charge is 2.31. The summed E-state index contributed by atoms with van der Waals surface area (Å²) in [7, 11) is 12.9. The molecule has 0 bridgehead atoms. The smallest absolute Gasteiger partial charge is 0.212 e. The van der Waals surface area contributed by atoms with Crippen LogP contribution in [0.1, 0.15) is 29.4 Å². The molecule has 0 saturated heterocycles. The Balaban J connectivity index is 0.000000136. The number of hydrogen-bond acceptors (Lipinski definition) is 7. The fourth-order valence-electron chi connectivity index (χ4n) is 8.52. The van der Waals surface area contributed by atoms with E-state index < -0.39 is 0 Å². The number of likely N-dealkylation sites (N-methyl/N-ethyl adjacent to an activating group) is 1. The highest BCUT2D eigenvalue weighted by atomic mass is 127. The zero-order chi connectivity index (χ0) is 46.1. The number of benzene rings is 5. The minimum absolute atomic E-state index is 0. The Morgan fingerprint density at radius 2 is 1.07 bits per heavy atom. The molecule has 67 heavy (non-hydrogen) atoms. The molecule has 0 radical (unpaired) electrons. The minimum atomic E-state index is 0. The SMILES string of the molecule is CC(/C=C1\Sc2ccccc2N1C)=C\C1Sc2ccccc2[NH+]1C.CN1C(=Cc2cc[n+](C)c3ccccc23)Sc2ccccc21.Cc1cc(/C=C2\Sc3ccccc3N2C)cc(C)[n+]1C.[I-]. The number of para-hydroxylation sites is 5. The first-order chi connectivity index (χ1) is 31.9. The van der Waals surface area contributed by atoms with E-state index in [9.17, 15) is 0 Å². The fourth-order valence-corrected chi connectivity index (χ4v) is 13.3. The van der Waals surface area contributed by atoms with Crippen molar-refractivity contribution < 1.29 is 38.0 Å². The molecule has 1 N–H and O–H groups in total. The number of quaternary nitrogens is 1. The normalized spacial score (nSPS) is 18.6. The number of pyridine rings is 2. The third kappa shape index (κ3) is 10.4. The summed E-state index contributed by atoms with van der Waals surface area (Å²) in [4.78, 5) is 13.7. The molecule has 6 heterocycles. The number of nitrogens with one attached hydrogen (secondary N) is 1. The standard InChI is InChI=1S/C20H20N2S2.C19H17N2S.C17H19N2S.HI/c1-14(12-19-21(2)15-8-4-6-10-17(15)23-19)13-20-22(3)16-9-5-7-11-18(16)24-20;1-20-12-11-14(15-7-3-4-8-16(15)20)13-19-21(2)17-9-5-6-10-18(17)22-19;1-12-9-14(10-13(2)18(12)3)11-17-19(4)15-7-5-6-8-16(15)20-17;/h4-13,19H,1-3H3;3-13H,1-2H3;5-11H,1-4H3;1H/q;2*+1;/b14-12+,20-13-;;;. The van der Waals surface area contributed by atoms with Crippen molar-refractivity contribution in [2.24, 2.45) is 14.1 Å². The Kier molecular flexibility index (Phi) is 15.3. The van der Waals surface area contributed by atoms with E-state index in [0.29, 0.717) is 5.37 Å². The van der Waals surface area contributed by atoms with Gasteiger partial charge in [-0.15, -0.1) is 0 Å². The lowest BCUT2D eigenvalue weighted by Crippen LogP contribution is -3.05. The van der Waals surface area contributed by atoms with Crippen molar-refractivity contribution in [1.82, 2.24) is 0 Å². The average Bonchev–Trinajstić information content (AvgIpc) is 4.03. The third-order valence-electron chi connectivity index (χ3n) is 12.5. The molecule has 340 valence electrons. The Labute approximate surface area is 431 Å². The Bertz CT molecular complexity index is 3080. The number of aryl methyl sites for hydroxylation is 3. The molecule has 4 aliphatic rings. The molecule has 0 spiro atoms. The van der Waals surface area contributed by atoms with Crippen LogP contribution in [0.3, 0.4) is 0 Å². The molecule has 0 saturated carbocycles. The largest absolute Gasteiger partial charge is 1.00 e. The molecule has 2 aromatic heterocycles. The highest BCUT2D eigenvalue weighted by Crippen LogP contribution is 2.47. The second kappa shape index (κ2) is 21.2. The second-order valence-electron chi connectivity index (χ2n) is 17.0. The Hall–Kier alpha value is -4.89. The maximum Gasteiger partial charge on any atom is 0.212 e. The summed E-state index contributed by atoms with van der Waals surface area (Å²) < 4.78 is 4.37. The van der Waals surface area contributed by atoms with Crippen LogP contribution in [0.2, 0.25) is 0 Å². The van der Waals surface area contributed by atoms with Crippen molar-refractivity contribution in [3.63, 3.8) is 0 Å². The number of halogens is 1. The van der Waals surface area contributed by atoms with Crippen molar-refractivity contribution in [3.05, 3.63) is 201 Å². The first kappa shape index (κ1) is 48.6. The molecule has 4 aliphatic heterocycles. The third-order valence-corrected chi connectivity index (χ3v) is 17.4. The van der Waals surface area contributed by atoms with Gasteiger partial charge in [0.05, 0.1) is 49.5 Å². The van der Waals surface area contributed by atoms with Gasteiger partial charge in [-0.1, -0.05) is 108 Å². The van der Waals surface area contributed by atoms with E-state index in [0.717, 1.165) is 0 Å². The summed E-state index contributed by atoms with van der Waals surface area (Å²) in [5.74, 6) is 0. The average molecular weight is 1070 g/mol. The van der Waals surface area contributed by atoms with Crippen LogP contribution in [-0.4, -0.2) is 33.6 Å². The zero-order valence-electron chi connectivity index (χ0n) is 39.5. The van der Waals surface area contributed by atoms with Crippen LogP contribution in [0.15, 0.2) is 198 Å². The lowest BCUT2D eigenvalue weighted by atomic mass is 10.1. The minimum Gasteiger partial charge on any atom is -1.00 e. The summed E-state index contributed by atoms with van der Waals surface area (Å²) in [6.45, 7) is 6.51. The first-order valence-corrected chi connectivity index (χ1v) is 25.6. The molecule has 0 amide bonds. The van der Waals surface area contributed by atoms with Gasteiger partial charge in [0.15, 0.2) is 23.0 Å². The quantitative estimate of drug-likeness (QED) is 0.139. The van der Waals surface area contributed by atoms with Gasteiger partial charge >= 0.3 is 0 Å². The predicted octanol–water partition coefficient (Wildman–Crippen LogP) is 9.17. The van der Waals surface area contributed by atoms with Crippen molar-refractivity contribution in [3.8, 4) is 0 Å². The van der Waals surface area contributed by atoms with E-state index in [1.165, 1.54) is 101 Å². The van der Waals surface area contributed by atoms with Gasteiger partial charge in [-0.3, -0.25) is 4.90 Å². The summed E-state index contributed by atoms with van der Waals surface area (Å²) in [6.07, 6.45) is 11.4. The van der Waals surface area contributed by atoms with Crippen molar-refractivity contribution >= 4 is 92.9 Å². The number of thioether (sulfide) groups is 4. The van der Waals surface area contributed by atoms with Gasteiger partial charge in [-0.05, 0) is 96.5 Å². The lowest BCUT2D eigenvalue weighted by molar-refractivity contribution is -0.812. The Morgan fingerprint density at radius 1 is 0.597 bits per heavy atom. The van der Waals surface area contributed by atoms with Crippen LogP contribution >= 0.6 is 47.0 Å². The van der Waals surface area contributed by atoms with Crippen LogP contribution in [0.5, 0.6) is 0 Å². The van der Waals surface area contributed by atoms with Gasteiger partial charge in [0.2, 0.25) is 5.52 Å². The first-order valence-electron chi connectivity index (χ1n) is 22.2. The molecular weight excluding hydrogens is 1010 g/mol. The van der Waals surface area contributed by atoms with Crippen molar-refractivity contribution in [1.29, 1.82) is 0 Å². The van der Waals surface area contributed by atoms with E-state index in [2.05, 4.69) is 257 Å². The van der Waals surface area contributed by atoms with E-state index in [-0.39, 0.29) is 24.0 Å². The molecule has 2 unspecified atom stereocenters. The predicted molar refractivity (Wildman–Crippen MR) is 285 cm³/mol. The van der Waals surface area contributed by atoms with Gasteiger partial charge < -0.3 is 38.7 Å². The summed E-state index contributed by atoms with van der Waals surface area (Å²) in [6, 6.07) is 49.6. The van der Waals surface area contributed by atoms with Crippen molar-refractivity contribution in [2.75, 3.05) is 42.9 Å². The number of rotatable bonds is 4. The number of fused-ring (bicyclic) bond motifs is 5. The van der Waals surface area contributed by atoms with Gasteiger partial charge in [0.1, 0.15) is 19.8 Å². The molecule has 6 nitrogen and oxygen atoms in total. The molecule has 11 heteroatoms. The van der Waals surface area contributed by atoms with Crippen LogP contribution in [0.4, 0.5) is 22.7 Å². The number of hydrogen-bond donors (Lipinski definition) is 1. The zero-order valence-corrected chi connectivity index (χ0v) is 44.9. The van der Waals surface area contributed by atoms with Gasteiger partial charge in [-0.2, -0.15) is 0 Å². The second-order valence-corrected chi connectivity index (χ2v) is 21.4. The molecule has 2 atom stereocenters. The van der Waals surface area contributed by atoms with Crippen molar-refractivity contribution in [2.45, 2.75) is 45.7 Å². The van der Waals surface area contributed by atoms with Crippen LogP contribution in [0, 0.1) is 13.8 Å². The van der Waals surface area contributed by atoms with Crippen LogP contribution in [0.25, 0.3) is 23.1 Å². The lowest BCUT2D eigenvalue weighted by Gasteiger charge is -2.15. The topological polar surface area (TPSA) is 21.9 Å². The van der Waals surface area contributed by atoms with Gasteiger partial charge in [0, 0.05) is 80.0 Å². The van der Waals surface area contributed by atoms with Gasteiger partial charge in [0.25, 0.3) is 0 Å². The number of aromatic nitrogens is 2. The highest BCUT2D eigenvalue weighted by molar-refractivity contribution is 8.04. The van der Waals surface area contributed by atoms with E-state index in [1.54, 1.807) is 0 Å². The number of anilines is 3. The summed E-state index contributed by atoms with van der Waals surface area (Å²) in [5, 5.41) is 5.56. The van der Waals surface area contributed by atoms with E-state index >= 15 is 0 Å². The molecular formula is C56H57IN6S4+2. The van der Waals surface area contributed by atoms with Gasteiger partial charge in [-0.25, -0.2) is 9.13 Å². The summed E-state index contributed by atoms with van der Waals surface area (Å²) in [5.41, 5.74) is 12.9. The Morgan fingerprint density at radius 3 is 1.64 bits per heavy atom. The monoisotopic (exact) mass is 1070 g/mol.